The molecule has 17 heavy (non-hydrogen) atoms. The molecule has 3 heteroatoms. The van der Waals surface area contributed by atoms with Gasteiger partial charge in [-0.25, -0.2) is 0 Å². The maximum absolute atomic E-state index is 6.11. The molecule has 1 heterocycles. The Hall–Kier alpha value is -2.03. The van der Waals surface area contributed by atoms with Crippen molar-refractivity contribution in [3.05, 3.63) is 42.1 Å². The second-order valence-corrected chi connectivity index (χ2v) is 4.26. The van der Waals surface area contributed by atoms with Crippen LogP contribution in [0.2, 0.25) is 0 Å². The van der Waals surface area contributed by atoms with Gasteiger partial charge >= 0.3 is 0 Å². The molecule has 0 fully saturated rings. The predicted octanol–water partition coefficient (Wildman–Crippen LogP) is 3.20. The fourth-order valence-corrected chi connectivity index (χ4v) is 1.69. The zero-order valence-corrected chi connectivity index (χ0v) is 10.2. The van der Waals surface area contributed by atoms with Crippen LogP contribution in [-0.4, -0.2) is 11.5 Å². The quantitative estimate of drug-likeness (QED) is 0.625. The minimum Gasteiger partial charge on any atom is -0.397 e. The molecule has 88 valence electrons. The summed E-state index contributed by atoms with van der Waals surface area (Å²) >= 11 is 0. The van der Waals surface area contributed by atoms with Crippen molar-refractivity contribution in [3.63, 3.8) is 0 Å². The Balaban J connectivity index is 2.30. The van der Waals surface area contributed by atoms with Crippen molar-refractivity contribution in [2.45, 2.75) is 13.8 Å². The first kappa shape index (κ1) is 11.5. The van der Waals surface area contributed by atoms with Crippen molar-refractivity contribution in [2.24, 2.45) is 0 Å². The number of benzene rings is 1. The molecule has 3 nitrogen and oxygen atoms in total. The van der Waals surface area contributed by atoms with Crippen LogP contribution in [0.1, 0.15) is 13.8 Å². The third kappa shape index (κ3) is 2.56. The summed E-state index contributed by atoms with van der Waals surface area (Å²) in [7, 11) is 0. The van der Waals surface area contributed by atoms with Gasteiger partial charge in [-0.15, -0.1) is 0 Å². The van der Waals surface area contributed by atoms with Crippen LogP contribution in [0.3, 0.4) is 0 Å². The molecule has 0 radical (unpaired) electrons. The fraction of sp³-hybridized carbons (Fsp3) is 0.214. The SMILES string of the molecule is CC(C)=CCNc1ccc2ncccc2c1N. The summed E-state index contributed by atoms with van der Waals surface area (Å²) in [5.74, 6) is 0. The van der Waals surface area contributed by atoms with Gasteiger partial charge < -0.3 is 11.1 Å². The summed E-state index contributed by atoms with van der Waals surface area (Å²) in [6.07, 6.45) is 3.91. The number of nitrogens with two attached hydrogens (primary N) is 1. The van der Waals surface area contributed by atoms with E-state index in [0.717, 1.165) is 28.8 Å². The Kier molecular flexibility index (Phi) is 3.28. The van der Waals surface area contributed by atoms with Crippen LogP contribution in [0.5, 0.6) is 0 Å². The van der Waals surface area contributed by atoms with Crippen molar-refractivity contribution in [1.82, 2.24) is 4.98 Å². The summed E-state index contributed by atoms with van der Waals surface area (Å²) in [6, 6.07) is 7.85. The molecule has 0 atom stereocenters. The van der Waals surface area contributed by atoms with E-state index in [4.69, 9.17) is 5.73 Å². The van der Waals surface area contributed by atoms with Gasteiger partial charge in [0.1, 0.15) is 0 Å². The third-order valence-corrected chi connectivity index (χ3v) is 2.63. The number of nitrogens with zero attached hydrogens (tertiary/aromatic N) is 1. The first-order valence-corrected chi connectivity index (χ1v) is 5.69. The molecule has 1 aromatic carbocycles. The molecular weight excluding hydrogens is 210 g/mol. The average molecular weight is 227 g/mol. The molecule has 0 aliphatic heterocycles. The van der Waals surface area contributed by atoms with E-state index in [2.05, 4.69) is 30.2 Å². The summed E-state index contributed by atoms with van der Waals surface area (Å²) in [5, 5.41) is 4.30. The molecule has 3 N–H and O–H groups in total. The minimum absolute atomic E-state index is 0.762. The molecular formula is C14H17N3. The molecule has 2 aromatic rings. The van der Waals surface area contributed by atoms with Crippen molar-refractivity contribution >= 4 is 22.3 Å². The van der Waals surface area contributed by atoms with E-state index >= 15 is 0 Å². The lowest BCUT2D eigenvalue weighted by molar-refractivity contribution is 1.26. The highest BCUT2D eigenvalue weighted by molar-refractivity contribution is 5.96. The first-order chi connectivity index (χ1) is 8.18. The highest BCUT2D eigenvalue weighted by Gasteiger charge is 2.03. The van der Waals surface area contributed by atoms with E-state index < -0.39 is 0 Å². The molecule has 0 saturated carbocycles. The van der Waals surface area contributed by atoms with Crippen molar-refractivity contribution in [1.29, 1.82) is 0 Å². The van der Waals surface area contributed by atoms with Gasteiger partial charge in [0.25, 0.3) is 0 Å². The third-order valence-electron chi connectivity index (χ3n) is 2.63. The molecule has 0 amide bonds. The second-order valence-electron chi connectivity index (χ2n) is 4.26. The smallest absolute Gasteiger partial charge is 0.0724 e. The van der Waals surface area contributed by atoms with E-state index in [9.17, 15) is 0 Å². The number of nitrogen functional groups attached to an aromatic ring is 1. The number of hydrogen-bond donors (Lipinski definition) is 2. The number of rotatable bonds is 3. The zero-order chi connectivity index (χ0) is 12.3. The van der Waals surface area contributed by atoms with Crippen LogP contribution in [0.25, 0.3) is 10.9 Å². The lowest BCUT2D eigenvalue weighted by Gasteiger charge is -2.09. The molecule has 0 aliphatic rings. The number of aromatic nitrogens is 1. The van der Waals surface area contributed by atoms with E-state index in [1.54, 1.807) is 6.20 Å². The van der Waals surface area contributed by atoms with Crippen molar-refractivity contribution in [3.8, 4) is 0 Å². The van der Waals surface area contributed by atoms with Crippen LogP contribution >= 0.6 is 0 Å². The summed E-state index contributed by atoms with van der Waals surface area (Å²) in [6.45, 7) is 4.95. The predicted molar refractivity (Wildman–Crippen MR) is 74.1 cm³/mol. The van der Waals surface area contributed by atoms with Gasteiger partial charge in [0.2, 0.25) is 0 Å². The molecule has 0 saturated heterocycles. The Labute approximate surface area is 101 Å². The maximum atomic E-state index is 6.11. The van der Waals surface area contributed by atoms with Gasteiger partial charge in [-0.1, -0.05) is 11.6 Å². The highest BCUT2D eigenvalue weighted by Crippen LogP contribution is 2.27. The van der Waals surface area contributed by atoms with Crippen LogP contribution < -0.4 is 11.1 Å². The summed E-state index contributed by atoms with van der Waals surface area (Å²) in [4.78, 5) is 4.27. The second kappa shape index (κ2) is 4.87. The number of pyridine rings is 1. The highest BCUT2D eigenvalue weighted by atomic mass is 14.9. The van der Waals surface area contributed by atoms with Gasteiger partial charge in [-0.05, 0) is 38.1 Å². The molecule has 1 aromatic heterocycles. The van der Waals surface area contributed by atoms with Gasteiger partial charge in [-0.3, -0.25) is 4.98 Å². The summed E-state index contributed by atoms with van der Waals surface area (Å²) < 4.78 is 0. The van der Waals surface area contributed by atoms with Gasteiger partial charge in [0.05, 0.1) is 16.9 Å². The largest absolute Gasteiger partial charge is 0.397 e. The van der Waals surface area contributed by atoms with Crippen molar-refractivity contribution < 1.29 is 0 Å². The fourth-order valence-electron chi connectivity index (χ4n) is 1.69. The van der Waals surface area contributed by atoms with Crippen molar-refractivity contribution in [2.75, 3.05) is 17.6 Å². The molecule has 0 unspecified atom stereocenters. The van der Waals surface area contributed by atoms with Gasteiger partial charge in [0.15, 0.2) is 0 Å². The Bertz CT molecular complexity index is 554. The van der Waals surface area contributed by atoms with Gasteiger partial charge in [0, 0.05) is 18.1 Å². The van der Waals surface area contributed by atoms with E-state index in [-0.39, 0.29) is 0 Å². The van der Waals surface area contributed by atoms with Crippen LogP contribution in [0.4, 0.5) is 11.4 Å². The topological polar surface area (TPSA) is 50.9 Å². The van der Waals surface area contributed by atoms with Gasteiger partial charge in [-0.2, -0.15) is 0 Å². The molecule has 0 spiro atoms. The number of anilines is 2. The van der Waals surface area contributed by atoms with Crippen LogP contribution in [0.15, 0.2) is 42.1 Å². The van der Waals surface area contributed by atoms with E-state index in [1.807, 2.05) is 24.3 Å². The lowest BCUT2D eigenvalue weighted by atomic mass is 10.1. The molecule has 0 bridgehead atoms. The standard InChI is InChI=1S/C14H17N3/c1-10(2)7-9-17-13-6-5-12-11(14(13)15)4-3-8-16-12/h3-8,17H,9,15H2,1-2H3. The number of allylic oxidation sites excluding steroid dienone is 1. The average Bonchev–Trinajstić information content (AvgIpc) is 2.32. The minimum atomic E-state index is 0.762. The molecule has 2 rings (SSSR count). The Morgan fingerprint density at radius 3 is 2.94 bits per heavy atom. The first-order valence-electron chi connectivity index (χ1n) is 5.69. The zero-order valence-electron chi connectivity index (χ0n) is 10.2. The van der Waals surface area contributed by atoms with Crippen LogP contribution in [-0.2, 0) is 0 Å². The Morgan fingerprint density at radius 2 is 2.18 bits per heavy atom. The summed E-state index contributed by atoms with van der Waals surface area (Å²) in [5.41, 5.74) is 10.1. The normalized spacial score (nSPS) is 10.2. The molecule has 0 aliphatic carbocycles. The number of fused-ring (bicyclic) bond motifs is 1. The monoisotopic (exact) mass is 227 g/mol. The maximum Gasteiger partial charge on any atom is 0.0724 e. The number of hydrogen-bond acceptors (Lipinski definition) is 3. The van der Waals surface area contributed by atoms with E-state index in [0.29, 0.717) is 0 Å². The Morgan fingerprint density at radius 1 is 1.35 bits per heavy atom. The van der Waals surface area contributed by atoms with E-state index in [1.165, 1.54) is 5.57 Å². The van der Waals surface area contributed by atoms with Crippen LogP contribution in [0, 0.1) is 0 Å². The lowest BCUT2D eigenvalue weighted by Crippen LogP contribution is -2.02. The number of nitrogens with one attached hydrogen (secondary N) is 1.